The number of aliphatic hydroxyl groups is 1. The Bertz CT molecular complexity index is 429. The van der Waals surface area contributed by atoms with Crippen LogP contribution in [0.3, 0.4) is 0 Å². The Morgan fingerprint density at radius 2 is 2.17 bits per heavy atom. The zero-order valence-corrected chi connectivity index (χ0v) is 11.4. The zero-order valence-electron chi connectivity index (χ0n) is 11.4. The van der Waals surface area contributed by atoms with Crippen molar-refractivity contribution in [3.63, 3.8) is 0 Å². The molecule has 1 N–H and O–H groups in total. The Kier molecular flexibility index (Phi) is 2.37. The van der Waals surface area contributed by atoms with E-state index in [0.29, 0.717) is 5.92 Å². The Morgan fingerprint density at radius 1 is 1.50 bits per heavy atom. The normalized spacial score (nSPS) is 54.6. The lowest BCUT2D eigenvalue weighted by Gasteiger charge is -2.50. The number of aliphatic hydroxyl groups excluding tert-OH is 1. The highest BCUT2D eigenvalue weighted by atomic mass is 16.6. The van der Waals surface area contributed by atoms with E-state index < -0.39 is 6.10 Å². The fraction of sp³-hybridized carbons (Fsp3) is 0.800. The summed E-state index contributed by atoms with van der Waals surface area (Å²) in [6, 6.07) is 0. The average molecular weight is 250 g/mol. The van der Waals surface area contributed by atoms with Gasteiger partial charge in [0, 0.05) is 5.41 Å². The van der Waals surface area contributed by atoms with E-state index in [4.69, 9.17) is 4.74 Å². The van der Waals surface area contributed by atoms with E-state index in [0.717, 1.165) is 19.3 Å². The maximum absolute atomic E-state index is 12.1. The van der Waals surface area contributed by atoms with Gasteiger partial charge in [0.15, 0.2) is 5.78 Å². The van der Waals surface area contributed by atoms with Crippen molar-refractivity contribution in [3.8, 4) is 0 Å². The van der Waals surface area contributed by atoms with Crippen molar-refractivity contribution >= 4 is 5.78 Å². The maximum atomic E-state index is 12.1. The third-order valence-corrected chi connectivity index (χ3v) is 5.72. The summed E-state index contributed by atoms with van der Waals surface area (Å²) >= 11 is 0. The molecule has 0 bridgehead atoms. The minimum Gasteiger partial charge on any atom is -0.385 e. The Hall–Kier alpha value is -0.670. The summed E-state index contributed by atoms with van der Waals surface area (Å²) in [7, 11) is 0. The van der Waals surface area contributed by atoms with Crippen LogP contribution in [-0.2, 0) is 9.53 Å². The van der Waals surface area contributed by atoms with Crippen molar-refractivity contribution in [1.29, 1.82) is 0 Å². The predicted molar refractivity (Wildman–Crippen MR) is 68.0 cm³/mol. The predicted octanol–water partition coefficient (Wildman–Crippen LogP) is 2.09. The number of allylic oxidation sites excluding steroid dienone is 1. The molecule has 0 aromatic rings. The molecule has 100 valence electrons. The second kappa shape index (κ2) is 3.45. The van der Waals surface area contributed by atoms with Gasteiger partial charge in [-0.3, -0.25) is 4.79 Å². The van der Waals surface area contributed by atoms with Crippen LogP contribution in [0, 0.1) is 17.3 Å². The molecule has 0 aromatic carbocycles. The number of ketones is 1. The van der Waals surface area contributed by atoms with Crippen LogP contribution in [0.15, 0.2) is 12.2 Å². The van der Waals surface area contributed by atoms with Crippen LogP contribution in [0.5, 0.6) is 0 Å². The monoisotopic (exact) mass is 250 g/mol. The van der Waals surface area contributed by atoms with Crippen molar-refractivity contribution in [1.82, 2.24) is 0 Å². The second-order valence-electron chi connectivity index (χ2n) is 6.86. The van der Waals surface area contributed by atoms with Gasteiger partial charge in [0.2, 0.25) is 0 Å². The van der Waals surface area contributed by atoms with Crippen molar-refractivity contribution < 1.29 is 14.6 Å². The summed E-state index contributed by atoms with van der Waals surface area (Å²) in [6.45, 7) is 10.2. The molecule has 3 heteroatoms. The lowest BCUT2D eigenvalue weighted by Crippen LogP contribution is -2.57. The topological polar surface area (TPSA) is 49.8 Å². The molecule has 3 rings (SSSR count). The van der Waals surface area contributed by atoms with Gasteiger partial charge in [-0.1, -0.05) is 19.1 Å². The first-order valence-electron chi connectivity index (χ1n) is 6.85. The van der Waals surface area contributed by atoms with Crippen LogP contribution in [-0.4, -0.2) is 28.7 Å². The van der Waals surface area contributed by atoms with Gasteiger partial charge in [0.25, 0.3) is 0 Å². The Balaban J connectivity index is 1.95. The highest BCUT2D eigenvalue weighted by Crippen LogP contribution is 2.62. The quantitative estimate of drug-likeness (QED) is 0.572. The number of Topliss-reactive ketones (excluding diaryl/α,β-unsaturated/α-hetero) is 1. The molecule has 2 aliphatic carbocycles. The molecule has 0 amide bonds. The molecule has 3 aliphatic rings. The molecule has 2 saturated carbocycles. The summed E-state index contributed by atoms with van der Waals surface area (Å²) in [5.74, 6) is 0.660. The lowest BCUT2D eigenvalue weighted by atomic mass is 9.53. The first-order valence-corrected chi connectivity index (χ1v) is 6.85. The number of rotatable bonds is 1. The first-order chi connectivity index (χ1) is 8.30. The van der Waals surface area contributed by atoms with Crippen LogP contribution in [0.2, 0.25) is 0 Å². The summed E-state index contributed by atoms with van der Waals surface area (Å²) < 4.78 is 5.67. The largest absolute Gasteiger partial charge is 0.385 e. The van der Waals surface area contributed by atoms with E-state index in [9.17, 15) is 9.90 Å². The summed E-state index contributed by atoms with van der Waals surface area (Å²) in [5.41, 5.74) is 0.563. The van der Waals surface area contributed by atoms with Crippen LogP contribution in [0.1, 0.15) is 40.0 Å². The minimum absolute atomic E-state index is 0.106. The molecule has 1 heterocycles. The van der Waals surface area contributed by atoms with E-state index >= 15 is 0 Å². The number of hydrogen-bond donors (Lipinski definition) is 1. The van der Waals surface area contributed by atoms with E-state index in [1.165, 1.54) is 5.57 Å². The van der Waals surface area contributed by atoms with Crippen LogP contribution in [0.4, 0.5) is 0 Å². The Labute approximate surface area is 108 Å². The third kappa shape index (κ3) is 1.35. The molecular weight excluding hydrogens is 228 g/mol. The smallest absolute Gasteiger partial charge is 0.193 e. The molecule has 18 heavy (non-hydrogen) atoms. The number of epoxide rings is 1. The first kappa shape index (κ1) is 12.4. The number of fused-ring (bicyclic) bond motifs is 3. The van der Waals surface area contributed by atoms with Crippen molar-refractivity contribution in [3.05, 3.63) is 12.2 Å². The number of hydrogen-bond acceptors (Lipinski definition) is 3. The summed E-state index contributed by atoms with van der Waals surface area (Å²) in [5, 5.41) is 10.3. The molecule has 3 nitrogen and oxygen atoms in total. The van der Waals surface area contributed by atoms with Gasteiger partial charge < -0.3 is 9.84 Å². The van der Waals surface area contributed by atoms with Gasteiger partial charge in [-0.15, -0.1) is 0 Å². The fourth-order valence-corrected chi connectivity index (χ4v) is 4.29. The van der Waals surface area contributed by atoms with Crippen LogP contribution >= 0.6 is 0 Å². The van der Waals surface area contributed by atoms with Crippen molar-refractivity contribution in [2.45, 2.75) is 57.8 Å². The number of carbonyl (C=O) groups is 1. The molecule has 0 radical (unpaired) electrons. The number of carbonyl (C=O) groups excluding carboxylic acids is 1. The highest BCUT2D eigenvalue weighted by Gasteiger charge is 2.72. The van der Waals surface area contributed by atoms with Gasteiger partial charge >= 0.3 is 0 Å². The van der Waals surface area contributed by atoms with E-state index in [1.54, 1.807) is 0 Å². The second-order valence-corrected chi connectivity index (χ2v) is 6.86. The average Bonchev–Trinajstić information content (AvgIpc) is 3.00. The van der Waals surface area contributed by atoms with E-state index in [1.807, 2.05) is 6.92 Å². The van der Waals surface area contributed by atoms with Crippen molar-refractivity contribution in [2.75, 3.05) is 0 Å². The van der Waals surface area contributed by atoms with Crippen LogP contribution in [0.25, 0.3) is 0 Å². The fourth-order valence-electron chi connectivity index (χ4n) is 4.29. The van der Waals surface area contributed by atoms with Gasteiger partial charge in [-0.2, -0.15) is 0 Å². The van der Waals surface area contributed by atoms with Crippen molar-refractivity contribution in [2.24, 2.45) is 17.3 Å². The lowest BCUT2D eigenvalue weighted by molar-refractivity contribution is -0.146. The molecule has 0 spiro atoms. The van der Waals surface area contributed by atoms with E-state index in [-0.39, 0.29) is 28.8 Å². The zero-order chi connectivity index (χ0) is 13.3. The summed E-state index contributed by atoms with van der Waals surface area (Å²) in [4.78, 5) is 12.1. The third-order valence-electron chi connectivity index (χ3n) is 5.72. The molecule has 3 fully saturated rings. The standard InChI is InChI=1S/C15H22O3/c1-8(2)9-5-6-14(3)10(7-9)15(4)13(18-15)11(16)12(14)17/h9-10,12-13,17H,1,5-7H2,2-4H3/t9-,10-,12-,13-,14-,15+/m0/s1. The minimum atomic E-state index is -0.853. The van der Waals surface area contributed by atoms with Gasteiger partial charge in [-0.25, -0.2) is 0 Å². The molecule has 1 saturated heterocycles. The van der Waals surface area contributed by atoms with E-state index in [2.05, 4.69) is 20.4 Å². The highest BCUT2D eigenvalue weighted by molar-refractivity contribution is 5.93. The SMILES string of the molecule is C=C(C)[C@H]1CC[C@]2(C)[C@@H](O)C(=O)[C@@H]3O[C@]3(C)[C@H]2C1. The molecule has 1 aliphatic heterocycles. The molecule has 6 atom stereocenters. The maximum Gasteiger partial charge on any atom is 0.193 e. The molecule has 0 unspecified atom stereocenters. The Morgan fingerprint density at radius 3 is 2.78 bits per heavy atom. The summed E-state index contributed by atoms with van der Waals surface area (Å²) in [6.07, 6.45) is 1.67. The van der Waals surface area contributed by atoms with Gasteiger partial charge in [0.05, 0.1) is 0 Å². The van der Waals surface area contributed by atoms with Gasteiger partial charge in [0.1, 0.15) is 17.8 Å². The van der Waals surface area contributed by atoms with Crippen LogP contribution < -0.4 is 0 Å². The number of ether oxygens (including phenoxy) is 1. The molecule has 0 aromatic heterocycles. The van der Waals surface area contributed by atoms with Gasteiger partial charge in [-0.05, 0) is 44.9 Å². The molecular formula is C15H22O3.